The zero-order valence-electron chi connectivity index (χ0n) is 18.1. The fraction of sp³-hybridized carbons (Fsp3) is 0.208. The van der Waals surface area contributed by atoms with E-state index >= 15 is 0 Å². The minimum Gasteiger partial charge on any atom is -0.487 e. The number of aryl methyl sites for hydroxylation is 2. The monoisotopic (exact) mass is 452 g/mol. The van der Waals surface area contributed by atoms with E-state index in [0.717, 1.165) is 21.8 Å². The average Bonchev–Trinajstić information content (AvgIpc) is 3.21. The number of rotatable bonds is 9. The van der Waals surface area contributed by atoms with E-state index in [1.165, 1.54) is 13.2 Å². The standard InChI is InChI=1S/C24H24N2O5S/c1-16-11-21(31-14-24(28)29-3)8-9-22(16)26-23(27)10-7-18-5-4-6-20(12-18)30-13-19-15-32-17(2)25-19/h4-12,15H,13-14H2,1-3H3,(H,26,27). The quantitative estimate of drug-likeness (QED) is 0.379. The summed E-state index contributed by atoms with van der Waals surface area (Å²) in [6, 6.07) is 12.6. The first-order chi connectivity index (χ1) is 15.4. The normalized spacial score (nSPS) is 10.7. The lowest BCUT2D eigenvalue weighted by Gasteiger charge is -2.10. The van der Waals surface area contributed by atoms with Crippen LogP contribution in [0.15, 0.2) is 53.9 Å². The fourth-order valence-corrected chi connectivity index (χ4v) is 3.35. The molecular formula is C24H24N2O5S. The summed E-state index contributed by atoms with van der Waals surface area (Å²) >= 11 is 1.59. The van der Waals surface area contributed by atoms with Crippen molar-refractivity contribution in [3.05, 3.63) is 75.7 Å². The van der Waals surface area contributed by atoms with Crippen molar-refractivity contribution < 1.29 is 23.8 Å². The van der Waals surface area contributed by atoms with Gasteiger partial charge in [0, 0.05) is 17.1 Å². The van der Waals surface area contributed by atoms with Crippen molar-refractivity contribution in [2.24, 2.45) is 0 Å². The molecule has 3 rings (SSSR count). The molecule has 0 saturated heterocycles. The van der Waals surface area contributed by atoms with Crippen molar-refractivity contribution in [3.63, 3.8) is 0 Å². The molecule has 0 saturated carbocycles. The summed E-state index contributed by atoms with van der Waals surface area (Å²) in [5, 5.41) is 5.82. The van der Waals surface area contributed by atoms with Crippen LogP contribution in [0.25, 0.3) is 6.08 Å². The molecular weight excluding hydrogens is 428 g/mol. The van der Waals surface area contributed by atoms with Crippen LogP contribution in [0, 0.1) is 13.8 Å². The van der Waals surface area contributed by atoms with Crippen molar-refractivity contribution in [2.45, 2.75) is 20.5 Å². The van der Waals surface area contributed by atoms with Crippen LogP contribution in [0.4, 0.5) is 5.69 Å². The van der Waals surface area contributed by atoms with Crippen LogP contribution in [-0.4, -0.2) is 30.6 Å². The molecule has 8 heteroatoms. The van der Waals surface area contributed by atoms with Gasteiger partial charge in [0.1, 0.15) is 18.1 Å². The smallest absolute Gasteiger partial charge is 0.343 e. The lowest BCUT2D eigenvalue weighted by atomic mass is 10.1. The molecule has 1 amide bonds. The number of thiazole rings is 1. The van der Waals surface area contributed by atoms with Gasteiger partial charge in [0.25, 0.3) is 0 Å². The van der Waals surface area contributed by atoms with E-state index in [1.54, 1.807) is 35.6 Å². The van der Waals surface area contributed by atoms with Crippen LogP contribution >= 0.6 is 11.3 Å². The summed E-state index contributed by atoms with van der Waals surface area (Å²) in [5.41, 5.74) is 3.20. The Labute approximate surface area is 190 Å². The van der Waals surface area contributed by atoms with Crippen molar-refractivity contribution in [3.8, 4) is 11.5 Å². The van der Waals surface area contributed by atoms with E-state index in [0.29, 0.717) is 23.8 Å². The zero-order valence-corrected chi connectivity index (χ0v) is 18.9. The zero-order chi connectivity index (χ0) is 22.9. The van der Waals surface area contributed by atoms with E-state index in [1.807, 2.05) is 43.5 Å². The number of hydrogen-bond donors (Lipinski definition) is 1. The minimum atomic E-state index is -0.460. The van der Waals surface area contributed by atoms with Crippen LogP contribution in [0.5, 0.6) is 11.5 Å². The minimum absolute atomic E-state index is 0.170. The molecule has 1 N–H and O–H groups in total. The fourth-order valence-electron chi connectivity index (χ4n) is 2.75. The predicted molar refractivity (Wildman–Crippen MR) is 124 cm³/mol. The topological polar surface area (TPSA) is 86.8 Å². The number of hydrogen-bond acceptors (Lipinski definition) is 7. The maximum absolute atomic E-state index is 12.3. The number of nitrogens with zero attached hydrogens (tertiary/aromatic N) is 1. The number of amides is 1. The van der Waals surface area contributed by atoms with E-state index in [4.69, 9.17) is 9.47 Å². The lowest BCUT2D eigenvalue weighted by molar-refractivity contribution is -0.142. The van der Waals surface area contributed by atoms with Gasteiger partial charge >= 0.3 is 5.97 Å². The maximum atomic E-state index is 12.3. The Kier molecular flexibility index (Phi) is 7.99. The van der Waals surface area contributed by atoms with Crippen LogP contribution < -0.4 is 14.8 Å². The van der Waals surface area contributed by atoms with Gasteiger partial charge in [0.2, 0.25) is 5.91 Å². The molecule has 0 atom stereocenters. The lowest BCUT2D eigenvalue weighted by Crippen LogP contribution is -2.13. The Morgan fingerprint density at radius 2 is 1.91 bits per heavy atom. The maximum Gasteiger partial charge on any atom is 0.343 e. The van der Waals surface area contributed by atoms with Gasteiger partial charge in [-0.2, -0.15) is 0 Å². The molecule has 0 radical (unpaired) electrons. The third-order valence-electron chi connectivity index (χ3n) is 4.38. The SMILES string of the molecule is COC(=O)COc1ccc(NC(=O)C=Cc2cccc(OCc3csc(C)n3)c2)c(C)c1. The molecule has 3 aromatic rings. The van der Waals surface area contributed by atoms with Crippen molar-refractivity contribution in [1.82, 2.24) is 4.98 Å². The van der Waals surface area contributed by atoms with Crippen LogP contribution in [0.2, 0.25) is 0 Å². The summed E-state index contributed by atoms with van der Waals surface area (Å²) in [6.07, 6.45) is 3.18. The highest BCUT2D eigenvalue weighted by Crippen LogP contribution is 2.22. The highest BCUT2D eigenvalue weighted by molar-refractivity contribution is 7.09. The summed E-state index contributed by atoms with van der Waals surface area (Å²) < 4.78 is 15.7. The molecule has 32 heavy (non-hydrogen) atoms. The van der Waals surface area contributed by atoms with Crippen molar-refractivity contribution in [1.29, 1.82) is 0 Å². The third kappa shape index (κ3) is 6.95. The van der Waals surface area contributed by atoms with Gasteiger partial charge in [-0.15, -0.1) is 11.3 Å². The van der Waals surface area contributed by atoms with Crippen LogP contribution in [0.1, 0.15) is 21.8 Å². The first kappa shape index (κ1) is 23.0. The number of ether oxygens (including phenoxy) is 3. The molecule has 0 spiro atoms. The number of anilines is 1. The van der Waals surface area contributed by atoms with E-state index in [-0.39, 0.29) is 12.5 Å². The van der Waals surface area contributed by atoms with Gasteiger partial charge in [-0.1, -0.05) is 12.1 Å². The van der Waals surface area contributed by atoms with Crippen LogP contribution in [0.3, 0.4) is 0 Å². The van der Waals surface area contributed by atoms with Gasteiger partial charge in [0.05, 0.1) is 17.8 Å². The number of methoxy groups -OCH3 is 1. The van der Waals surface area contributed by atoms with E-state index in [9.17, 15) is 9.59 Å². The summed E-state index contributed by atoms with van der Waals surface area (Å²) in [4.78, 5) is 27.9. The molecule has 1 heterocycles. The van der Waals surface area contributed by atoms with Gasteiger partial charge in [-0.05, 0) is 61.4 Å². The Morgan fingerprint density at radius 1 is 1.09 bits per heavy atom. The summed E-state index contributed by atoms with van der Waals surface area (Å²) in [7, 11) is 1.30. The molecule has 1 aromatic heterocycles. The van der Waals surface area contributed by atoms with Gasteiger partial charge in [-0.3, -0.25) is 4.79 Å². The first-order valence-electron chi connectivity index (χ1n) is 9.86. The average molecular weight is 453 g/mol. The Morgan fingerprint density at radius 3 is 2.62 bits per heavy atom. The number of aromatic nitrogens is 1. The predicted octanol–water partition coefficient (Wildman–Crippen LogP) is 4.54. The van der Waals surface area contributed by atoms with Gasteiger partial charge in [0.15, 0.2) is 6.61 Å². The molecule has 0 fully saturated rings. The first-order valence-corrected chi connectivity index (χ1v) is 10.7. The molecule has 2 aromatic carbocycles. The number of nitrogens with one attached hydrogen (secondary N) is 1. The van der Waals surface area contributed by atoms with Crippen molar-refractivity contribution in [2.75, 3.05) is 19.0 Å². The Balaban J connectivity index is 1.55. The number of benzene rings is 2. The molecule has 7 nitrogen and oxygen atoms in total. The molecule has 0 bridgehead atoms. The van der Waals surface area contributed by atoms with Crippen LogP contribution in [-0.2, 0) is 20.9 Å². The Hall–Kier alpha value is -3.65. The number of carbonyl (C=O) groups is 2. The second kappa shape index (κ2) is 11.1. The van der Waals surface area contributed by atoms with E-state index < -0.39 is 5.97 Å². The van der Waals surface area contributed by atoms with Gasteiger partial charge < -0.3 is 19.5 Å². The largest absolute Gasteiger partial charge is 0.487 e. The highest BCUT2D eigenvalue weighted by atomic mass is 32.1. The number of carbonyl (C=O) groups excluding carboxylic acids is 2. The second-order valence-electron chi connectivity index (χ2n) is 6.88. The Bertz CT molecular complexity index is 1120. The summed E-state index contributed by atoms with van der Waals surface area (Å²) in [6.45, 7) is 4.03. The second-order valence-corrected chi connectivity index (χ2v) is 7.95. The molecule has 0 aliphatic rings. The molecule has 166 valence electrons. The summed E-state index contributed by atoms with van der Waals surface area (Å²) in [5.74, 6) is 0.501. The highest BCUT2D eigenvalue weighted by Gasteiger charge is 2.06. The van der Waals surface area contributed by atoms with Crippen molar-refractivity contribution >= 4 is 35.0 Å². The van der Waals surface area contributed by atoms with Gasteiger partial charge in [-0.25, -0.2) is 9.78 Å². The third-order valence-corrected chi connectivity index (χ3v) is 5.20. The molecule has 0 unspecified atom stereocenters. The molecule has 0 aliphatic carbocycles. The molecule has 0 aliphatic heterocycles. The number of esters is 1. The van der Waals surface area contributed by atoms with E-state index in [2.05, 4.69) is 15.0 Å².